The van der Waals surface area contributed by atoms with E-state index in [2.05, 4.69) is 60.6 Å². The summed E-state index contributed by atoms with van der Waals surface area (Å²) in [7, 11) is 0. The Balaban J connectivity index is 1.18. The molecule has 3 aromatic rings. The standard InChI is InChI=1S/C29H41N7O/c1-3-25(4-2)35-16-9-29(10-17-35)11-18-36(22-29)28(37)24-7-5-23(6-8-24)19-34(20-26-30-12-13-31-26)21-27-32-14-15-33-27/h5-8,12-15,25H,3-4,9-11,16-22H2,1-2H3,(H,30,31)(H,32,33). The maximum absolute atomic E-state index is 13.4. The molecule has 0 saturated carbocycles. The predicted octanol–water partition coefficient (Wildman–Crippen LogP) is 4.45. The molecule has 0 unspecified atom stereocenters. The van der Waals surface area contributed by atoms with E-state index in [9.17, 15) is 4.79 Å². The molecule has 8 nitrogen and oxygen atoms in total. The third-order valence-electron chi connectivity index (χ3n) is 8.51. The topological polar surface area (TPSA) is 84.2 Å². The highest BCUT2D eigenvalue weighted by atomic mass is 16.2. The van der Waals surface area contributed by atoms with Crippen molar-refractivity contribution in [3.63, 3.8) is 0 Å². The van der Waals surface area contributed by atoms with Crippen LogP contribution in [0.3, 0.4) is 0 Å². The van der Waals surface area contributed by atoms with Gasteiger partial charge in [-0.15, -0.1) is 0 Å². The van der Waals surface area contributed by atoms with Crippen molar-refractivity contribution in [3.8, 4) is 0 Å². The zero-order valence-electron chi connectivity index (χ0n) is 22.3. The monoisotopic (exact) mass is 503 g/mol. The Hall–Kier alpha value is -2.97. The number of aromatic nitrogens is 4. The van der Waals surface area contributed by atoms with Crippen molar-refractivity contribution < 1.29 is 4.79 Å². The summed E-state index contributed by atoms with van der Waals surface area (Å²) < 4.78 is 0. The fraction of sp³-hybridized carbons (Fsp3) is 0.552. The molecule has 1 aromatic carbocycles. The number of carbonyl (C=O) groups excluding carboxylic acids is 1. The lowest BCUT2D eigenvalue weighted by Gasteiger charge is -2.42. The molecule has 198 valence electrons. The molecule has 2 aliphatic heterocycles. The highest BCUT2D eigenvalue weighted by Gasteiger charge is 2.42. The zero-order valence-corrected chi connectivity index (χ0v) is 22.3. The van der Waals surface area contributed by atoms with E-state index in [0.29, 0.717) is 24.5 Å². The van der Waals surface area contributed by atoms with Crippen molar-refractivity contribution >= 4 is 5.91 Å². The fourth-order valence-corrected chi connectivity index (χ4v) is 6.24. The van der Waals surface area contributed by atoms with Crippen molar-refractivity contribution in [1.82, 2.24) is 34.6 Å². The van der Waals surface area contributed by atoms with Crippen LogP contribution in [0.4, 0.5) is 0 Å². The quantitative estimate of drug-likeness (QED) is 0.427. The lowest BCUT2D eigenvalue weighted by molar-refractivity contribution is 0.0629. The van der Waals surface area contributed by atoms with E-state index in [0.717, 1.165) is 43.3 Å². The summed E-state index contributed by atoms with van der Waals surface area (Å²) in [6.45, 7) is 10.9. The van der Waals surface area contributed by atoms with Crippen molar-refractivity contribution in [2.45, 2.75) is 71.6 Å². The summed E-state index contributed by atoms with van der Waals surface area (Å²) >= 11 is 0. The van der Waals surface area contributed by atoms with Crippen LogP contribution >= 0.6 is 0 Å². The molecule has 1 amide bonds. The summed E-state index contributed by atoms with van der Waals surface area (Å²) in [5.41, 5.74) is 2.27. The number of amides is 1. The average molecular weight is 504 g/mol. The second-order valence-corrected chi connectivity index (χ2v) is 10.9. The van der Waals surface area contributed by atoms with Crippen LogP contribution in [-0.4, -0.2) is 72.8 Å². The maximum atomic E-state index is 13.4. The number of nitrogens with zero attached hydrogens (tertiary/aromatic N) is 5. The Morgan fingerprint density at radius 3 is 2.05 bits per heavy atom. The van der Waals surface area contributed by atoms with Crippen LogP contribution in [0.15, 0.2) is 49.1 Å². The third kappa shape index (κ3) is 6.13. The fourth-order valence-electron chi connectivity index (χ4n) is 6.24. The molecule has 2 saturated heterocycles. The summed E-state index contributed by atoms with van der Waals surface area (Å²) in [6, 6.07) is 8.88. The molecule has 4 heterocycles. The van der Waals surface area contributed by atoms with Gasteiger partial charge in [-0.05, 0) is 68.3 Å². The molecule has 0 aliphatic carbocycles. The van der Waals surface area contributed by atoms with E-state index >= 15 is 0 Å². The van der Waals surface area contributed by atoms with Crippen molar-refractivity contribution in [1.29, 1.82) is 0 Å². The Morgan fingerprint density at radius 1 is 0.919 bits per heavy atom. The van der Waals surface area contributed by atoms with Crippen LogP contribution in [0.5, 0.6) is 0 Å². The van der Waals surface area contributed by atoms with Gasteiger partial charge in [-0.1, -0.05) is 26.0 Å². The van der Waals surface area contributed by atoms with Crippen LogP contribution in [0, 0.1) is 5.41 Å². The van der Waals surface area contributed by atoms with E-state index in [1.165, 1.54) is 44.3 Å². The maximum Gasteiger partial charge on any atom is 0.253 e. The number of likely N-dealkylation sites (tertiary alicyclic amines) is 2. The molecule has 2 fully saturated rings. The number of nitrogens with one attached hydrogen (secondary N) is 2. The van der Waals surface area contributed by atoms with Crippen LogP contribution in [0.2, 0.25) is 0 Å². The smallest absolute Gasteiger partial charge is 0.253 e. The normalized spacial score (nSPS) is 17.9. The third-order valence-corrected chi connectivity index (χ3v) is 8.51. The van der Waals surface area contributed by atoms with E-state index in [-0.39, 0.29) is 5.91 Å². The van der Waals surface area contributed by atoms with Gasteiger partial charge >= 0.3 is 0 Å². The molecule has 1 spiro atoms. The molecule has 2 N–H and O–H groups in total. The minimum Gasteiger partial charge on any atom is -0.348 e. The highest BCUT2D eigenvalue weighted by molar-refractivity contribution is 5.94. The van der Waals surface area contributed by atoms with E-state index in [4.69, 9.17) is 0 Å². The lowest BCUT2D eigenvalue weighted by atomic mass is 9.77. The van der Waals surface area contributed by atoms with Gasteiger partial charge in [0.1, 0.15) is 11.6 Å². The minimum atomic E-state index is 0.175. The molecule has 5 rings (SSSR count). The van der Waals surface area contributed by atoms with Gasteiger partial charge in [-0.3, -0.25) is 9.69 Å². The first-order valence-corrected chi connectivity index (χ1v) is 13.9. The second kappa shape index (κ2) is 11.6. The second-order valence-electron chi connectivity index (χ2n) is 10.9. The van der Waals surface area contributed by atoms with Gasteiger partial charge in [0.15, 0.2) is 0 Å². The zero-order chi connectivity index (χ0) is 25.7. The van der Waals surface area contributed by atoms with E-state index < -0.39 is 0 Å². The number of H-pyrrole nitrogens is 2. The highest BCUT2D eigenvalue weighted by Crippen LogP contribution is 2.41. The predicted molar refractivity (Wildman–Crippen MR) is 145 cm³/mol. The first-order valence-electron chi connectivity index (χ1n) is 13.9. The summed E-state index contributed by atoms with van der Waals surface area (Å²) in [4.78, 5) is 35.6. The number of imidazole rings is 2. The van der Waals surface area contributed by atoms with Crippen LogP contribution in [0.25, 0.3) is 0 Å². The van der Waals surface area contributed by atoms with Gasteiger partial charge in [-0.2, -0.15) is 0 Å². The minimum absolute atomic E-state index is 0.175. The lowest BCUT2D eigenvalue weighted by Crippen LogP contribution is -2.46. The van der Waals surface area contributed by atoms with E-state index in [1.54, 1.807) is 12.4 Å². The molecule has 0 bridgehead atoms. The molecule has 8 heteroatoms. The molecule has 2 aliphatic rings. The van der Waals surface area contributed by atoms with Crippen LogP contribution < -0.4 is 0 Å². The van der Waals surface area contributed by atoms with Crippen LogP contribution in [0.1, 0.15) is 73.5 Å². The van der Waals surface area contributed by atoms with Gasteiger partial charge in [0.25, 0.3) is 5.91 Å². The number of aromatic amines is 2. The molecular formula is C29H41N7O. The largest absolute Gasteiger partial charge is 0.348 e. The van der Waals surface area contributed by atoms with Gasteiger partial charge in [-0.25, -0.2) is 9.97 Å². The number of rotatable bonds is 10. The Bertz CT molecular complexity index is 1060. The summed E-state index contributed by atoms with van der Waals surface area (Å²) in [5.74, 6) is 2.02. The molecule has 2 aromatic heterocycles. The van der Waals surface area contributed by atoms with Gasteiger partial charge in [0.05, 0.1) is 13.1 Å². The number of hydrogen-bond acceptors (Lipinski definition) is 5. The molecule has 0 atom stereocenters. The SMILES string of the molecule is CCC(CC)N1CCC2(CCN(C(=O)c3ccc(CN(Cc4ncc[nH]4)Cc4ncc[nH]4)cc3)C2)CC1. The molecule has 0 radical (unpaired) electrons. The summed E-state index contributed by atoms with van der Waals surface area (Å²) in [5, 5.41) is 0. The molecule has 37 heavy (non-hydrogen) atoms. The number of hydrogen-bond donors (Lipinski definition) is 2. The van der Waals surface area contributed by atoms with Crippen molar-refractivity contribution in [2.24, 2.45) is 5.41 Å². The average Bonchev–Trinajstić information content (AvgIpc) is 3.70. The number of benzene rings is 1. The Morgan fingerprint density at radius 2 is 1.51 bits per heavy atom. The van der Waals surface area contributed by atoms with Crippen molar-refractivity contribution in [2.75, 3.05) is 26.2 Å². The Labute approximate surface area is 220 Å². The molecular weight excluding hydrogens is 462 g/mol. The van der Waals surface area contributed by atoms with Gasteiger partial charge in [0, 0.05) is 56.0 Å². The number of carbonyl (C=O) groups is 1. The first kappa shape index (κ1) is 25.7. The van der Waals surface area contributed by atoms with E-state index in [1.807, 2.05) is 24.5 Å². The first-order chi connectivity index (χ1) is 18.1. The van der Waals surface area contributed by atoms with Gasteiger partial charge < -0.3 is 19.8 Å². The van der Waals surface area contributed by atoms with Crippen molar-refractivity contribution in [3.05, 3.63) is 71.8 Å². The van der Waals surface area contributed by atoms with Crippen LogP contribution in [-0.2, 0) is 19.6 Å². The summed E-state index contributed by atoms with van der Waals surface area (Å²) in [6.07, 6.45) is 13.3. The van der Waals surface area contributed by atoms with Gasteiger partial charge in [0.2, 0.25) is 0 Å². The number of piperidine rings is 1. The Kier molecular flexibility index (Phi) is 8.05.